The Morgan fingerprint density at radius 2 is 0.653 bits per heavy atom. The van der Waals surface area contributed by atoms with Crippen molar-refractivity contribution in [3.63, 3.8) is 0 Å². The molecule has 0 aromatic heterocycles. The predicted molar refractivity (Wildman–Crippen MR) is 315 cm³/mol. The topological polar surface area (TPSA) is 95.9 Å². The van der Waals surface area contributed by atoms with Crippen molar-refractivity contribution in [1.82, 2.24) is 5.32 Å². The molecule has 2 unspecified atom stereocenters. The van der Waals surface area contributed by atoms with Crippen molar-refractivity contribution in [3.05, 3.63) is 36.5 Å². The summed E-state index contributed by atoms with van der Waals surface area (Å²) in [6, 6.07) is -0.651. The highest BCUT2D eigenvalue weighted by Gasteiger charge is 2.18. The van der Waals surface area contributed by atoms with Crippen LogP contribution in [0.1, 0.15) is 348 Å². The number of carbonyl (C=O) groups excluding carboxylic acids is 2. The molecule has 424 valence electrons. The van der Waals surface area contributed by atoms with E-state index in [0.29, 0.717) is 19.4 Å². The first-order valence-electron chi connectivity index (χ1n) is 32.3. The number of rotatable bonds is 60. The Morgan fingerprint density at radius 1 is 0.375 bits per heavy atom. The minimum atomic E-state index is -0.865. The van der Waals surface area contributed by atoms with E-state index in [1.165, 1.54) is 238 Å². The van der Waals surface area contributed by atoms with Gasteiger partial charge in [0.05, 0.1) is 25.4 Å². The fourth-order valence-electron chi connectivity index (χ4n) is 9.92. The molecule has 6 nitrogen and oxygen atoms in total. The van der Waals surface area contributed by atoms with Crippen LogP contribution in [-0.2, 0) is 14.3 Å². The highest BCUT2D eigenvalue weighted by Crippen LogP contribution is 2.17. The number of ether oxygens (including phenoxy) is 1. The number of hydrogen-bond donors (Lipinski definition) is 3. The number of aliphatic hydroxyl groups is 2. The number of unbranched alkanes of at least 4 members (excludes halogenated alkanes) is 45. The summed E-state index contributed by atoms with van der Waals surface area (Å²) in [6.07, 6.45) is 77.7. The van der Waals surface area contributed by atoms with E-state index in [4.69, 9.17) is 4.74 Å². The normalized spacial score (nSPS) is 12.8. The van der Waals surface area contributed by atoms with Gasteiger partial charge in [-0.3, -0.25) is 9.59 Å². The molecule has 72 heavy (non-hydrogen) atoms. The third-order valence-electron chi connectivity index (χ3n) is 14.9. The van der Waals surface area contributed by atoms with Crippen LogP contribution in [0, 0.1) is 0 Å². The molecule has 1 amide bonds. The molecule has 2 atom stereocenters. The van der Waals surface area contributed by atoms with Gasteiger partial charge in [-0.2, -0.15) is 0 Å². The van der Waals surface area contributed by atoms with Crippen molar-refractivity contribution in [2.24, 2.45) is 0 Å². The molecule has 0 aliphatic heterocycles. The van der Waals surface area contributed by atoms with Crippen LogP contribution in [0.2, 0.25) is 0 Å². The van der Waals surface area contributed by atoms with Crippen LogP contribution < -0.4 is 5.32 Å². The van der Waals surface area contributed by atoms with Gasteiger partial charge < -0.3 is 20.3 Å². The number of amides is 1. The first kappa shape index (κ1) is 70.1. The minimum absolute atomic E-state index is 0.0327. The maximum atomic E-state index is 12.5. The van der Waals surface area contributed by atoms with Gasteiger partial charge >= 0.3 is 5.97 Å². The third kappa shape index (κ3) is 57.4. The molecule has 0 heterocycles. The molecule has 0 radical (unpaired) electrons. The summed E-state index contributed by atoms with van der Waals surface area (Å²) in [6.45, 7) is 4.85. The maximum Gasteiger partial charge on any atom is 0.305 e. The summed E-state index contributed by atoms with van der Waals surface area (Å²) in [4.78, 5) is 24.6. The molecule has 0 saturated heterocycles. The van der Waals surface area contributed by atoms with Gasteiger partial charge in [-0.05, 0) is 83.5 Å². The first-order valence-corrected chi connectivity index (χ1v) is 32.3. The second kappa shape index (κ2) is 61.6. The Hall–Kier alpha value is -1.92. The number of aliphatic hydroxyl groups excluding tert-OH is 2. The van der Waals surface area contributed by atoms with Gasteiger partial charge in [0, 0.05) is 12.8 Å². The van der Waals surface area contributed by atoms with Crippen molar-refractivity contribution in [2.45, 2.75) is 360 Å². The van der Waals surface area contributed by atoms with Gasteiger partial charge in [0.2, 0.25) is 5.91 Å². The lowest BCUT2D eigenvalue weighted by Gasteiger charge is -2.20. The van der Waals surface area contributed by atoms with Crippen molar-refractivity contribution < 1.29 is 24.5 Å². The second-order valence-electron chi connectivity index (χ2n) is 22.1. The average molecular weight is 1010 g/mol. The molecule has 3 N–H and O–H groups in total. The van der Waals surface area contributed by atoms with E-state index in [2.05, 4.69) is 43.5 Å². The third-order valence-corrected chi connectivity index (χ3v) is 14.9. The summed E-state index contributed by atoms with van der Waals surface area (Å²) < 4.78 is 5.46. The Labute approximate surface area is 449 Å². The summed E-state index contributed by atoms with van der Waals surface area (Å²) in [5.74, 6) is -0.127. The van der Waals surface area contributed by atoms with E-state index in [-0.39, 0.29) is 18.5 Å². The number of hydrogen-bond acceptors (Lipinski definition) is 5. The lowest BCUT2D eigenvalue weighted by molar-refractivity contribution is -0.143. The molecule has 0 fully saturated rings. The van der Waals surface area contributed by atoms with Crippen LogP contribution in [0.25, 0.3) is 0 Å². The lowest BCUT2D eigenvalue weighted by Crippen LogP contribution is -2.45. The molecule has 0 rings (SSSR count). The largest absolute Gasteiger partial charge is 0.466 e. The molecule has 0 spiro atoms. The van der Waals surface area contributed by atoms with Crippen LogP contribution in [0.5, 0.6) is 0 Å². The fraction of sp³-hybridized carbons (Fsp3) is 0.879. The Bertz CT molecular complexity index is 1170. The number of allylic oxidation sites excluding steroid dienone is 5. The summed E-state index contributed by atoms with van der Waals surface area (Å²) >= 11 is 0. The number of esters is 1. The average Bonchev–Trinajstić information content (AvgIpc) is 3.38. The quantitative estimate of drug-likeness (QED) is 0.0320. The van der Waals surface area contributed by atoms with Gasteiger partial charge in [-0.1, -0.05) is 288 Å². The van der Waals surface area contributed by atoms with Gasteiger partial charge in [0.1, 0.15) is 0 Å². The number of carbonyl (C=O) groups is 2. The van der Waals surface area contributed by atoms with Crippen molar-refractivity contribution in [1.29, 1.82) is 0 Å². The van der Waals surface area contributed by atoms with E-state index < -0.39 is 12.1 Å². The van der Waals surface area contributed by atoms with Crippen molar-refractivity contribution >= 4 is 11.9 Å². The first-order chi connectivity index (χ1) is 35.5. The highest BCUT2D eigenvalue weighted by molar-refractivity contribution is 5.76. The Morgan fingerprint density at radius 3 is 0.986 bits per heavy atom. The minimum Gasteiger partial charge on any atom is -0.466 e. The Balaban J connectivity index is 3.51. The summed E-state index contributed by atoms with van der Waals surface area (Å²) in [5.41, 5.74) is 0. The molecule has 0 aromatic carbocycles. The van der Waals surface area contributed by atoms with Crippen LogP contribution in [0.15, 0.2) is 36.5 Å². The van der Waals surface area contributed by atoms with E-state index in [1.54, 1.807) is 6.08 Å². The summed E-state index contributed by atoms with van der Waals surface area (Å²) in [5, 5.41) is 23.2. The zero-order valence-corrected chi connectivity index (χ0v) is 48.4. The van der Waals surface area contributed by atoms with Crippen LogP contribution in [-0.4, -0.2) is 47.4 Å². The van der Waals surface area contributed by atoms with E-state index in [1.807, 2.05) is 6.08 Å². The molecular weight excluding hydrogens is 887 g/mol. The molecule has 0 aliphatic carbocycles. The van der Waals surface area contributed by atoms with Crippen LogP contribution in [0.3, 0.4) is 0 Å². The zero-order chi connectivity index (χ0) is 52.2. The number of nitrogens with one attached hydrogen (secondary N) is 1. The van der Waals surface area contributed by atoms with Crippen molar-refractivity contribution in [2.75, 3.05) is 13.2 Å². The monoisotopic (exact) mass is 1010 g/mol. The van der Waals surface area contributed by atoms with E-state index in [9.17, 15) is 19.8 Å². The molecule has 0 saturated carbocycles. The van der Waals surface area contributed by atoms with E-state index >= 15 is 0 Å². The SMILES string of the molecule is CCCCCCCC/C=C\CCCCCCCCCCCC(=O)OCCCC/C=C\CCCCCCCC(=O)NC(CO)C(O)/C=C/CCCCCCCCCCCCCCCCCCCCCCCCC. The standard InChI is InChI=1S/C66H125NO5/c1-3-5-7-9-11-13-15-17-19-21-23-24-25-26-27-28-30-31-33-35-38-42-46-50-54-58-64(69)63(62-68)67-65(70)59-55-51-47-43-39-37-41-45-49-53-57-61-72-66(71)60-56-52-48-44-40-36-34-32-29-22-20-18-16-14-12-10-8-6-4-2/h18,20,41,45,54,58,63-64,68-69H,3-17,19,21-40,42-44,46-53,55-57,59-62H2,1-2H3,(H,67,70)/b20-18-,45-41-,58-54+. The van der Waals surface area contributed by atoms with Gasteiger partial charge in [0.25, 0.3) is 0 Å². The van der Waals surface area contributed by atoms with Crippen LogP contribution >= 0.6 is 0 Å². The van der Waals surface area contributed by atoms with Gasteiger partial charge in [0.15, 0.2) is 0 Å². The molecule has 0 aliphatic rings. The predicted octanol–water partition coefficient (Wildman–Crippen LogP) is 20.4. The summed E-state index contributed by atoms with van der Waals surface area (Å²) in [7, 11) is 0. The molecule has 6 heteroatoms. The second-order valence-corrected chi connectivity index (χ2v) is 22.1. The smallest absolute Gasteiger partial charge is 0.305 e. The van der Waals surface area contributed by atoms with Gasteiger partial charge in [-0.15, -0.1) is 0 Å². The van der Waals surface area contributed by atoms with Gasteiger partial charge in [-0.25, -0.2) is 0 Å². The van der Waals surface area contributed by atoms with Crippen molar-refractivity contribution in [3.8, 4) is 0 Å². The van der Waals surface area contributed by atoms with E-state index in [0.717, 1.165) is 83.5 Å². The van der Waals surface area contributed by atoms with Crippen LogP contribution in [0.4, 0.5) is 0 Å². The lowest BCUT2D eigenvalue weighted by atomic mass is 10.0. The molecule has 0 bridgehead atoms. The maximum absolute atomic E-state index is 12.5. The zero-order valence-electron chi connectivity index (χ0n) is 48.4. The molecular formula is C66H125NO5. The molecule has 0 aromatic rings. The Kier molecular flexibility index (Phi) is 60.0. The highest BCUT2D eigenvalue weighted by atomic mass is 16.5. The fourth-order valence-corrected chi connectivity index (χ4v) is 9.92.